The highest BCUT2D eigenvalue weighted by Gasteiger charge is 2.20. The Hall–Kier alpha value is -4.37. The molecule has 39 heavy (non-hydrogen) atoms. The molecule has 0 aromatic carbocycles. The summed E-state index contributed by atoms with van der Waals surface area (Å²) in [6.07, 6.45) is 11.6. The molecule has 1 aliphatic rings. The zero-order valence-corrected chi connectivity index (χ0v) is 22.4. The molecule has 1 aliphatic carbocycles. The lowest BCUT2D eigenvalue weighted by atomic mass is 10.0. The number of hydrogen-bond donors (Lipinski definition) is 3. The molecule has 0 radical (unpaired) electrons. The predicted octanol–water partition coefficient (Wildman–Crippen LogP) is 6.18. The largest absolute Gasteiger partial charge is 0.358 e. The molecule has 1 fully saturated rings. The van der Waals surface area contributed by atoms with Crippen molar-refractivity contribution in [3.63, 3.8) is 0 Å². The van der Waals surface area contributed by atoms with E-state index in [0.29, 0.717) is 34.0 Å². The molecule has 0 spiro atoms. The van der Waals surface area contributed by atoms with Crippen LogP contribution in [0.3, 0.4) is 0 Å². The van der Waals surface area contributed by atoms with E-state index in [4.69, 9.17) is 0 Å². The first-order valence-corrected chi connectivity index (χ1v) is 13.9. The second kappa shape index (κ2) is 10.4. The van der Waals surface area contributed by atoms with Gasteiger partial charge in [0.15, 0.2) is 11.5 Å². The van der Waals surface area contributed by atoms with E-state index in [9.17, 15) is 0 Å². The quantitative estimate of drug-likeness (QED) is 0.231. The molecule has 0 unspecified atom stereocenters. The molecule has 3 N–H and O–H groups in total. The van der Waals surface area contributed by atoms with Crippen LogP contribution in [-0.2, 0) is 0 Å². The number of nitrogens with zero attached hydrogens (tertiary/aromatic N) is 4. The molecule has 0 saturated heterocycles. The molecular formula is C30H28FN7S. The van der Waals surface area contributed by atoms with Crippen LogP contribution in [0.2, 0.25) is 0 Å². The molecular weight excluding hydrogens is 509 g/mol. The van der Waals surface area contributed by atoms with Crippen LogP contribution in [0, 0.1) is 5.92 Å². The number of allylic oxidation sites excluding steroid dienone is 2. The van der Waals surface area contributed by atoms with Crippen LogP contribution in [0.5, 0.6) is 0 Å². The number of halogens is 1. The van der Waals surface area contributed by atoms with E-state index in [1.165, 1.54) is 12.8 Å². The average Bonchev–Trinajstić information content (AvgIpc) is 3.77. The van der Waals surface area contributed by atoms with E-state index >= 15 is 4.39 Å². The number of aromatic nitrogens is 6. The number of pyridine rings is 2. The average molecular weight is 538 g/mol. The van der Waals surface area contributed by atoms with Crippen molar-refractivity contribution in [2.24, 2.45) is 5.92 Å². The highest BCUT2D eigenvalue weighted by Crippen LogP contribution is 2.32. The van der Waals surface area contributed by atoms with Crippen LogP contribution >= 0.6 is 11.3 Å². The van der Waals surface area contributed by atoms with E-state index in [1.807, 2.05) is 30.5 Å². The number of thiophene rings is 1. The first-order chi connectivity index (χ1) is 19.0. The lowest BCUT2D eigenvalue weighted by Gasteiger charge is -2.16. The Morgan fingerprint density at radius 2 is 2.05 bits per heavy atom. The smallest absolute Gasteiger partial charge is 0.178 e. The van der Waals surface area contributed by atoms with Crippen LogP contribution in [-0.4, -0.2) is 30.1 Å². The van der Waals surface area contributed by atoms with Crippen LogP contribution in [0.25, 0.3) is 51.3 Å². The second-order valence-corrected chi connectivity index (χ2v) is 10.5. The Balaban J connectivity index is 1.40. The van der Waals surface area contributed by atoms with Gasteiger partial charge in [-0.05, 0) is 60.2 Å². The normalized spacial score (nSPS) is 15.2. The SMILES string of the molecule is C=C(/C(F)=c1/c(-c2nc3nccc(-c4ccsc4)c3[nH]2)n[nH]/c1=C/C)c1cncc(NC(=C)C2CCCC2)c1. The molecule has 0 amide bonds. The van der Waals surface area contributed by atoms with Gasteiger partial charge in [0.1, 0.15) is 11.5 Å². The fourth-order valence-corrected chi connectivity index (χ4v) is 5.81. The highest BCUT2D eigenvalue weighted by molar-refractivity contribution is 7.08. The molecule has 7 nitrogen and oxygen atoms in total. The summed E-state index contributed by atoms with van der Waals surface area (Å²) in [4.78, 5) is 16.7. The topological polar surface area (TPSA) is 95.2 Å². The molecule has 5 aromatic heterocycles. The summed E-state index contributed by atoms with van der Waals surface area (Å²) in [5.41, 5.74) is 6.21. The van der Waals surface area contributed by atoms with Crippen LogP contribution in [0.1, 0.15) is 38.2 Å². The first kappa shape index (κ1) is 24.9. The molecule has 9 heteroatoms. The van der Waals surface area contributed by atoms with Gasteiger partial charge in [0, 0.05) is 34.8 Å². The van der Waals surface area contributed by atoms with Gasteiger partial charge in [-0.3, -0.25) is 10.1 Å². The van der Waals surface area contributed by atoms with Gasteiger partial charge in [-0.1, -0.05) is 32.1 Å². The number of nitrogens with one attached hydrogen (secondary N) is 3. The van der Waals surface area contributed by atoms with Crippen LogP contribution in [0.4, 0.5) is 10.1 Å². The molecule has 196 valence electrons. The van der Waals surface area contributed by atoms with Crippen molar-refractivity contribution in [3.05, 3.63) is 82.5 Å². The van der Waals surface area contributed by atoms with Crippen LogP contribution in [0.15, 0.2) is 66.4 Å². The number of aromatic amines is 2. The van der Waals surface area contributed by atoms with Crippen molar-refractivity contribution in [2.45, 2.75) is 32.6 Å². The van der Waals surface area contributed by atoms with Crippen molar-refractivity contribution in [1.29, 1.82) is 0 Å². The van der Waals surface area contributed by atoms with E-state index in [2.05, 4.69) is 54.0 Å². The van der Waals surface area contributed by atoms with E-state index in [-0.39, 0.29) is 10.8 Å². The Labute approximate surface area is 229 Å². The van der Waals surface area contributed by atoms with Gasteiger partial charge in [-0.25, -0.2) is 14.4 Å². The van der Waals surface area contributed by atoms with Gasteiger partial charge in [0.05, 0.1) is 28.0 Å². The maximum absolute atomic E-state index is 16.3. The summed E-state index contributed by atoms with van der Waals surface area (Å²) in [7, 11) is 0. The van der Waals surface area contributed by atoms with Crippen molar-refractivity contribution < 1.29 is 4.39 Å². The maximum atomic E-state index is 16.3. The Bertz CT molecular complexity index is 1810. The summed E-state index contributed by atoms with van der Waals surface area (Å²) in [6.45, 7) is 10.1. The molecule has 0 atom stereocenters. The number of rotatable bonds is 7. The van der Waals surface area contributed by atoms with Crippen molar-refractivity contribution >= 4 is 45.7 Å². The molecule has 0 aliphatic heterocycles. The Morgan fingerprint density at radius 1 is 1.21 bits per heavy atom. The number of hydrogen-bond acceptors (Lipinski definition) is 6. The fraction of sp³-hybridized carbons (Fsp3) is 0.200. The standard InChI is InChI=1S/C30H28FN7S/c1-4-24-25(26(31)17(2)21-13-22(15-32-14-21)34-18(3)19-7-5-6-8-19)28(38-37-24)30-35-27-23(20-10-12-39-16-20)9-11-33-29(27)36-30/h4,9-16,19,34,37H,2-3,5-8H2,1H3,(H,33,35,36)/b24-4+,26-25-. The Kier molecular flexibility index (Phi) is 6.66. The zero-order valence-electron chi connectivity index (χ0n) is 21.6. The van der Waals surface area contributed by atoms with Crippen molar-refractivity contribution in [3.8, 4) is 22.6 Å². The maximum Gasteiger partial charge on any atom is 0.178 e. The van der Waals surface area contributed by atoms with E-state index in [1.54, 1.807) is 36.0 Å². The van der Waals surface area contributed by atoms with Gasteiger partial charge >= 0.3 is 0 Å². The number of imidazole rings is 1. The third kappa shape index (κ3) is 4.70. The minimum atomic E-state index is -0.508. The minimum Gasteiger partial charge on any atom is -0.358 e. The van der Waals surface area contributed by atoms with Gasteiger partial charge < -0.3 is 10.3 Å². The molecule has 5 aromatic rings. The number of anilines is 1. The first-order valence-electron chi connectivity index (χ1n) is 12.9. The minimum absolute atomic E-state index is 0.205. The van der Waals surface area contributed by atoms with Crippen LogP contribution < -0.4 is 15.9 Å². The van der Waals surface area contributed by atoms with Gasteiger partial charge in [-0.15, -0.1) is 0 Å². The van der Waals surface area contributed by atoms with Crippen molar-refractivity contribution in [2.75, 3.05) is 5.32 Å². The summed E-state index contributed by atoms with van der Waals surface area (Å²) >= 11 is 1.62. The van der Waals surface area contributed by atoms with E-state index < -0.39 is 5.83 Å². The monoisotopic (exact) mass is 537 g/mol. The predicted molar refractivity (Wildman–Crippen MR) is 157 cm³/mol. The Morgan fingerprint density at radius 3 is 2.82 bits per heavy atom. The van der Waals surface area contributed by atoms with Gasteiger partial charge in [0.25, 0.3) is 0 Å². The third-order valence-electron chi connectivity index (χ3n) is 7.26. The fourth-order valence-electron chi connectivity index (χ4n) is 5.15. The van der Waals surface area contributed by atoms with Gasteiger partial charge in [-0.2, -0.15) is 16.4 Å². The molecule has 5 heterocycles. The van der Waals surface area contributed by atoms with Gasteiger partial charge in [0.2, 0.25) is 0 Å². The highest BCUT2D eigenvalue weighted by atomic mass is 32.1. The summed E-state index contributed by atoms with van der Waals surface area (Å²) in [5, 5.41) is 15.6. The molecule has 6 rings (SSSR count). The van der Waals surface area contributed by atoms with E-state index in [0.717, 1.165) is 40.9 Å². The summed E-state index contributed by atoms with van der Waals surface area (Å²) < 4.78 is 16.3. The molecule has 0 bridgehead atoms. The lowest BCUT2D eigenvalue weighted by Crippen LogP contribution is -2.26. The van der Waals surface area contributed by atoms with Crippen molar-refractivity contribution in [1.82, 2.24) is 30.1 Å². The lowest BCUT2D eigenvalue weighted by molar-refractivity contribution is 0.649. The number of fused-ring (bicyclic) bond motifs is 1. The number of H-pyrrole nitrogens is 2. The zero-order chi connectivity index (χ0) is 26.9. The third-order valence-corrected chi connectivity index (χ3v) is 7.94. The second-order valence-electron chi connectivity index (χ2n) is 9.69. The molecule has 1 saturated carbocycles. The summed E-state index contributed by atoms with van der Waals surface area (Å²) in [6, 6.07) is 5.83. The summed E-state index contributed by atoms with van der Waals surface area (Å²) in [5.74, 6) is 0.366.